The molecule has 0 bridgehead atoms. The van der Waals surface area contributed by atoms with Crippen LogP contribution < -0.4 is 5.32 Å². The van der Waals surface area contributed by atoms with E-state index in [0.29, 0.717) is 11.7 Å². The van der Waals surface area contributed by atoms with E-state index in [1.165, 1.54) is 11.8 Å². The summed E-state index contributed by atoms with van der Waals surface area (Å²) in [5.74, 6) is 1.13. The molecule has 2 N–H and O–H groups in total. The number of nitrogens with one attached hydrogen (secondary N) is 1. The molecule has 4 heteroatoms. The van der Waals surface area contributed by atoms with Crippen molar-refractivity contribution < 1.29 is 9.90 Å². The summed E-state index contributed by atoms with van der Waals surface area (Å²) in [6.07, 6.45) is 4.56. The van der Waals surface area contributed by atoms with Crippen molar-refractivity contribution in [3.8, 4) is 0 Å². The Hall–Kier alpha value is -0.220. The molecule has 0 aromatic rings. The fraction of sp³-hybridized carbons (Fsp3) is 0.889. The number of carbonyl (C=O) groups is 1. The standard InChI is InChI=1S/C9H17NO2S/c1-13-6-9(12)10-5-7-2-3-8(11)4-7/h7-8,11H,2-6H2,1H3,(H,10,12). The zero-order valence-electron chi connectivity index (χ0n) is 7.95. The molecule has 0 saturated heterocycles. The van der Waals surface area contributed by atoms with E-state index in [1.54, 1.807) is 0 Å². The zero-order chi connectivity index (χ0) is 9.68. The molecule has 0 radical (unpaired) electrons. The normalized spacial score (nSPS) is 27.5. The fourth-order valence-corrected chi connectivity index (χ4v) is 2.04. The topological polar surface area (TPSA) is 49.3 Å². The van der Waals surface area contributed by atoms with E-state index < -0.39 is 0 Å². The van der Waals surface area contributed by atoms with E-state index >= 15 is 0 Å². The van der Waals surface area contributed by atoms with Crippen LogP contribution in [0.3, 0.4) is 0 Å². The highest BCUT2D eigenvalue weighted by Crippen LogP contribution is 2.24. The molecule has 1 amide bonds. The predicted molar refractivity (Wildman–Crippen MR) is 54.7 cm³/mol. The van der Waals surface area contributed by atoms with E-state index in [4.69, 9.17) is 0 Å². The van der Waals surface area contributed by atoms with Crippen LogP contribution in [0, 0.1) is 5.92 Å². The number of aliphatic hydroxyl groups is 1. The van der Waals surface area contributed by atoms with Crippen molar-refractivity contribution in [3.05, 3.63) is 0 Å². The lowest BCUT2D eigenvalue weighted by Gasteiger charge is -2.09. The zero-order valence-corrected chi connectivity index (χ0v) is 8.77. The van der Waals surface area contributed by atoms with Gasteiger partial charge in [-0.2, -0.15) is 11.8 Å². The Labute approximate surface area is 83.3 Å². The van der Waals surface area contributed by atoms with Gasteiger partial charge in [-0.05, 0) is 31.4 Å². The first kappa shape index (κ1) is 10.9. The van der Waals surface area contributed by atoms with Crippen LogP contribution in [0.15, 0.2) is 0 Å². The van der Waals surface area contributed by atoms with Crippen molar-refractivity contribution in [1.82, 2.24) is 5.32 Å². The second-order valence-corrected chi connectivity index (χ2v) is 4.44. The van der Waals surface area contributed by atoms with Crippen molar-refractivity contribution >= 4 is 17.7 Å². The number of carbonyl (C=O) groups excluding carboxylic acids is 1. The molecule has 1 fully saturated rings. The highest BCUT2D eigenvalue weighted by molar-refractivity contribution is 7.99. The summed E-state index contributed by atoms with van der Waals surface area (Å²) >= 11 is 1.53. The van der Waals surface area contributed by atoms with Crippen LogP contribution in [0.25, 0.3) is 0 Å². The van der Waals surface area contributed by atoms with Crippen molar-refractivity contribution in [3.63, 3.8) is 0 Å². The SMILES string of the molecule is CSCC(=O)NCC1CCC(O)C1. The van der Waals surface area contributed by atoms with E-state index in [1.807, 2.05) is 6.26 Å². The summed E-state index contributed by atoms with van der Waals surface area (Å²) in [5, 5.41) is 12.1. The van der Waals surface area contributed by atoms with Gasteiger partial charge in [0.2, 0.25) is 5.91 Å². The maximum absolute atomic E-state index is 11.1. The number of aliphatic hydroxyl groups excluding tert-OH is 1. The Morgan fingerprint density at radius 1 is 1.62 bits per heavy atom. The van der Waals surface area contributed by atoms with Crippen LogP contribution >= 0.6 is 11.8 Å². The van der Waals surface area contributed by atoms with Gasteiger partial charge in [-0.25, -0.2) is 0 Å². The number of hydrogen-bond donors (Lipinski definition) is 2. The molecule has 1 saturated carbocycles. The third kappa shape index (κ3) is 4.00. The molecule has 2 unspecified atom stereocenters. The van der Waals surface area contributed by atoms with Gasteiger partial charge in [-0.15, -0.1) is 0 Å². The average molecular weight is 203 g/mol. The third-order valence-electron chi connectivity index (χ3n) is 2.38. The Bertz CT molecular complexity index is 175. The van der Waals surface area contributed by atoms with E-state index in [0.717, 1.165) is 25.8 Å². The summed E-state index contributed by atoms with van der Waals surface area (Å²) in [7, 11) is 0. The molecule has 0 aromatic carbocycles. The summed E-state index contributed by atoms with van der Waals surface area (Å²) in [4.78, 5) is 11.1. The molecule has 3 nitrogen and oxygen atoms in total. The molecule has 0 aromatic heterocycles. The Morgan fingerprint density at radius 3 is 2.92 bits per heavy atom. The molecule has 0 spiro atoms. The van der Waals surface area contributed by atoms with Gasteiger partial charge in [0.25, 0.3) is 0 Å². The van der Waals surface area contributed by atoms with Crippen LogP contribution in [0.1, 0.15) is 19.3 Å². The molecular formula is C9H17NO2S. The molecular weight excluding hydrogens is 186 g/mol. The van der Waals surface area contributed by atoms with Gasteiger partial charge in [0, 0.05) is 6.54 Å². The maximum atomic E-state index is 11.1. The molecule has 0 aliphatic heterocycles. The molecule has 76 valence electrons. The largest absolute Gasteiger partial charge is 0.393 e. The Morgan fingerprint density at radius 2 is 2.38 bits per heavy atom. The molecule has 0 heterocycles. The minimum atomic E-state index is -0.137. The van der Waals surface area contributed by atoms with Crippen molar-refractivity contribution in [1.29, 1.82) is 0 Å². The van der Waals surface area contributed by atoms with Crippen molar-refractivity contribution in [2.24, 2.45) is 5.92 Å². The molecule has 1 rings (SSSR count). The minimum absolute atomic E-state index is 0.105. The van der Waals surface area contributed by atoms with Gasteiger partial charge in [0.1, 0.15) is 0 Å². The number of hydrogen-bond acceptors (Lipinski definition) is 3. The van der Waals surface area contributed by atoms with Gasteiger partial charge in [0.15, 0.2) is 0 Å². The van der Waals surface area contributed by atoms with Gasteiger partial charge < -0.3 is 10.4 Å². The first-order valence-corrected chi connectivity index (χ1v) is 6.05. The molecule has 13 heavy (non-hydrogen) atoms. The van der Waals surface area contributed by atoms with Crippen LogP contribution in [0.2, 0.25) is 0 Å². The second kappa shape index (κ2) is 5.50. The highest BCUT2D eigenvalue weighted by atomic mass is 32.2. The average Bonchev–Trinajstić information content (AvgIpc) is 2.49. The van der Waals surface area contributed by atoms with Crippen LogP contribution in [0.4, 0.5) is 0 Å². The Kier molecular flexibility index (Phi) is 4.59. The molecule has 1 aliphatic rings. The summed E-state index contributed by atoms with van der Waals surface area (Å²) in [6.45, 7) is 0.733. The summed E-state index contributed by atoms with van der Waals surface area (Å²) < 4.78 is 0. The Balaban J connectivity index is 2.09. The highest BCUT2D eigenvalue weighted by Gasteiger charge is 2.22. The quantitative estimate of drug-likeness (QED) is 0.704. The van der Waals surface area contributed by atoms with Gasteiger partial charge in [-0.1, -0.05) is 0 Å². The number of amides is 1. The van der Waals surface area contributed by atoms with Gasteiger partial charge in [0.05, 0.1) is 11.9 Å². The maximum Gasteiger partial charge on any atom is 0.229 e. The predicted octanol–water partition coefficient (Wildman–Crippen LogP) is 0.627. The number of rotatable bonds is 4. The van der Waals surface area contributed by atoms with E-state index in [-0.39, 0.29) is 12.0 Å². The first-order valence-electron chi connectivity index (χ1n) is 4.66. The lowest BCUT2D eigenvalue weighted by Crippen LogP contribution is -2.29. The fourth-order valence-electron chi connectivity index (χ4n) is 1.67. The monoisotopic (exact) mass is 203 g/mol. The second-order valence-electron chi connectivity index (χ2n) is 3.57. The molecule has 1 aliphatic carbocycles. The first-order chi connectivity index (χ1) is 6.22. The van der Waals surface area contributed by atoms with Crippen molar-refractivity contribution in [2.75, 3.05) is 18.6 Å². The van der Waals surface area contributed by atoms with Crippen LogP contribution in [0.5, 0.6) is 0 Å². The van der Waals surface area contributed by atoms with Gasteiger partial charge in [-0.3, -0.25) is 4.79 Å². The van der Waals surface area contributed by atoms with E-state index in [2.05, 4.69) is 5.32 Å². The van der Waals surface area contributed by atoms with Crippen LogP contribution in [-0.2, 0) is 4.79 Å². The number of thioether (sulfide) groups is 1. The van der Waals surface area contributed by atoms with Crippen LogP contribution in [-0.4, -0.2) is 35.7 Å². The summed E-state index contributed by atoms with van der Waals surface area (Å²) in [5.41, 5.74) is 0. The molecule has 2 atom stereocenters. The lowest BCUT2D eigenvalue weighted by molar-refractivity contribution is -0.118. The van der Waals surface area contributed by atoms with Gasteiger partial charge >= 0.3 is 0 Å². The third-order valence-corrected chi connectivity index (χ3v) is 2.93. The van der Waals surface area contributed by atoms with Crippen molar-refractivity contribution in [2.45, 2.75) is 25.4 Å². The smallest absolute Gasteiger partial charge is 0.229 e. The lowest BCUT2D eigenvalue weighted by atomic mass is 10.1. The minimum Gasteiger partial charge on any atom is -0.393 e. The summed E-state index contributed by atoms with van der Waals surface area (Å²) in [6, 6.07) is 0. The van der Waals surface area contributed by atoms with E-state index in [9.17, 15) is 9.90 Å².